The van der Waals surface area contributed by atoms with Gasteiger partial charge < -0.3 is 15.3 Å². The van der Waals surface area contributed by atoms with Crippen molar-refractivity contribution in [3.8, 4) is 5.69 Å². The number of alkyl halides is 3. The summed E-state index contributed by atoms with van der Waals surface area (Å²) in [4.78, 5) is 60.5. The van der Waals surface area contributed by atoms with Gasteiger partial charge in [-0.1, -0.05) is 11.3 Å². The van der Waals surface area contributed by atoms with Crippen molar-refractivity contribution < 1.29 is 42.3 Å². The molecule has 1 atom stereocenters. The third kappa shape index (κ3) is 5.96. The van der Waals surface area contributed by atoms with Crippen molar-refractivity contribution in [3.05, 3.63) is 41.2 Å². The quantitative estimate of drug-likeness (QED) is 0.440. The Morgan fingerprint density at radius 1 is 1.13 bits per heavy atom. The minimum Gasteiger partial charge on any atom is -0.475 e. The molecule has 1 aromatic heterocycles. The number of amides is 4. The van der Waals surface area contributed by atoms with Gasteiger partial charge in [0.2, 0.25) is 17.7 Å². The maximum Gasteiger partial charge on any atom is 0.490 e. The lowest BCUT2D eigenvalue weighted by Gasteiger charge is -2.29. The minimum atomic E-state index is -5.08. The molecule has 5 rings (SSSR count). The van der Waals surface area contributed by atoms with Crippen molar-refractivity contribution in [2.45, 2.75) is 38.1 Å². The number of piperazine rings is 1. The molecule has 3 aliphatic heterocycles. The third-order valence-corrected chi connectivity index (χ3v) is 6.06. The van der Waals surface area contributed by atoms with Crippen LogP contribution in [0, 0.1) is 0 Å². The van der Waals surface area contributed by atoms with Gasteiger partial charge in [0.05, 0.1) is 24.1 Å². The zero-order valence-corrected chi connectivity index (χ0v) is 19.7. The number of carboxylic acids is 1. The highest BCUT2D eigenvalue weighted by Crippen LogP contribution is 2.29. The lowest BCUT2D eigenvalue weighted by molar-refractivity contribution is -0.192. The van der Waals surface area contributed by atoms with Crippen molar-refractivity contribution >= 4 is 29.6 Å². The van der Waals surface area contributed by atoms with E-state index in [1.165, 1.54) is 4.90 Å². The first-order valence-corrected chi connectivity index (χ1v) is 11.4. The monoisotopic (exact) mass is 537 g/mol. The molecule has 0 spiro atoms. The number of nitrogens with one attached hydrogen (secondary N) is 2. The minimum absolute atomic E-state index is 0.00339. The summed E-state index contributed by atoms with van der Waals surface area (Å²) < 4.78 is 33.3. The lowest BCUT2D eigenvalue weighted by Crippen LogP contribution is -2.52. The van der Waals surface area contributed by atoms with Gasteiger partial charge in [-0.15, -0.1) is 5.10 Å². The van der Waals surface area contributed by atoms with Crippen molar-refractivity contribution in [1.82, 2.24) is 35.4 Å². The van der Waals surface area contributed by atoms with Crippen LogP contribution in [0.4, 0.5) is 13.2 Å². The molecule has 2 aromatic rings. The third-order valence-electron chi connectivity index (χ3n) is 6.06. The fourth-order valence-electron chi connectivity index (χ4n) is 4.24. The first kappa shape index (κ1) is 26.7. The number of aromatic nitrogens is 3. The van der Waals surface area contributed by atoms with Crippen LogP contribution in [0.2, 0.25) is 0 Å². The molecule has 202 valence electrons. The fraction of sp³-hybridized carbons (Fsp3) is 0.409. The van der Waals surface area contributed by atoms with E-state index in [-0.39, 0.29) is 24.1 Å². The Labute approximate surface area is 212 Å². The van der Waals surface area contributed by atoms with Crippen LogP contribution in [0.1, 0.15) is 34.5 Å². The number of hydrogen-bond acceptors (Lipinski definition) is 8. The van der Waals surface area contributed by atoms with Crippen LogP contribution in [0.15, 0.2) is 24.4 Å². The number of carbonyl (C=O) groups excluding carboxylic acids is 4. The second-order valence-electron chi connectivity index (χ2n) is 8.76. The number of fused-ring (bicyclic) bond motifs is 1. The van der Waals surface area contributed by atoms with E-state index in [1.807, 2.05) is 17.0 Å². The molecule has 3 N–H and O–H groups in total. The molecule has 1 unspecified atom stereocenters. The van der Waals surface area contributed by atoms with Crippen LogP contribution in [0.3, 0.4) is 0 Å². The number of nitrogens with zero attached hydrogens (tertiary/aromatic N) is 5. The molecule has 0 bridgehead atoms. The molecule has 0 radical (unpaired) electrons. The van der Waals surface area contributed by atoms with E-state index in [1.54, 1.807) is 16.9 Å². The van der Waals surface area contributed by atoms with Crippen LogP contribution in [-0.2, 0) is 32.3 Å². The first-order valence-electron chi connectivity index (χ1n) is 11.4. The smallest absolute Gasteiger partial charge is 0.475 e. The largest absolute Gasteiger partial charge is 0.490 e. The number of carbonyl (C=O) groups is 5. The van der Waals surface area contributed by atoms with E-state index in [9.17, 15) is 32.3 Å². The van der Waals surface area contributed by atoms with E-state index in [4.69, 9.17) is 9.90 Å². The molecular weight excluding hydrogens is 515 g/mol. The Hall–Kier alpha value is -4.34. The summed E-state index contributed by atoms with van der Waals surface area (Å²) in [5.41, 5.74) is 2.77. The number of halogens is 3. The number of aliphatic carboxylic acids is 1. The predicted octanol–water partition coefficient (Wildman–Crippen LogP) is -0.407. The Balaban J connectivity index is 0.000000426. The number of benzene rings is 1. The van der Waals surface area contributed by atoms with E-state index in [0.717, 1.165) is 17.8 Å². The van der Waals surface area contributed by atoms with Gasteiger partial charge in [-0.05, 0) is 24.1 Å². The molecule has 2 saturated heterocycles. The Bertz CT molecular complexity index is 1290. The van der Waals surface area contributed by atoms with Crippen molar-refractivity contribution in [2.24, 2.45) is 0 Å². The second kappa shape index (κ2) is 10.6. The fourth-order valence-corrected chi connectivity index (χ4v) is 4.24. The SMILES string of the molecule is O=C(O)C(F)(F)F.O=C1CN(Cc2cn(-c3ccc4c(c3)C(=O)N(C3CCC(=O)NC3=O)C4)nn2)CCN1. The van der Waals surface area contributed by atoms with Gasteiger partial charge in [0.1, 0.15) is 6.04 Å². The van der Waals surface area contributed by atoms with Gasteiger partial charge in [0.25, 0.3) is 5.91 Å². The number of rotatable bonds is 4. The highest BCUT2D eigenvalue weighted by Gasteiger charge is 2.39. The lowest BCUT2D eigenvalue weighted by atomic mass is 10.0. The molecule has 0 saturated carbocycles. The van der Waals surface area contributed by atoms with E-state index in [2.05, 4.69) is 20.9 Å². The predicted molar refractivity (Wildman–Crippen MR) is 119 cm³/mol. The maximum atomic E-state index is 13.0. The molecule has 13 nitrogen and oxygen atoms in total. The molecule has 38 heavy (non-hydrogen) atoms. The van der Waals surface area contributed by atoms with Crippen LogP contribution >= 0.6 is 0 Å². The number of hydrogen-bond donors (Lipinski definition) is 3. The summed E-state index contributed by atoms with van der Waals surface area (Å²) in [6, 6.07) is 4.81. The summed E-state index contributed by atoms with van der Waals surface area (Å²) in [5, 5.41) is 20.6. The van der Waals surface area contributed by atoms with Gasteiger partial charge in [-0.25, -0.2) is 9.48 Å². The molecule has 1 aromatic carbocycles. The zero-order valence-electron chi connectivity index (χ0n) is 19.7. The standard InChI is InChI=1S/C20H21N7O4.C2HF3O2/c28-17-4-3-16(19(30)22-17)26-8-12-1-2-14(7-15(12)20(26)31)27-10-13(23-24-27)9-25-6-5-21-18(29)11-25;3-2(4,5)1(6)7/h1-2,7,10,16H,3-6,8-9,11H2,(H,21,29)(H,22,28,30);(H,6,7). The van der Waals surface area contributed by atoms with Crippen LogP contribution in [0.5, 0.6) is 0 Å². The molecule has 4 amide bonds. The highest BCUT2D eigenvalue weighted by molar-refractivity contribution is 6.05. The first-order chi connectivity index (χ1) is 17.9. The second-order valence-corrected chi connectivity index (χ2v) is 8.76. The van der Waals surface area contributed by atoms with Crippen molar-refractivity contribution in [2.75, 3.05) is 19.6 Å². The number of piperidine rings is 1. The van der Waals surface area contributed by atoms with Crippen molar-refractivity contribution in [3.63, 3.8) is 0 Å². The maximum absolute atomic E-state index is 13.0. The molecule has 3 aliphatic rings. The Morgan fingerprint density at radius 3 is 2.53 bits per heavy atom. The highest BCUT2D eigenvalue weighted by atomic mass is 19.4. The van der Waals surface area contributed by atoms with Gasteiger partial charge in [0, 0.05) is 38.2 Å². The summed E-state index contributed by atoms with van der Waals surface area (Å²) in [5.74, 6) is -3.72. The summed E-state index contributed by atoms with van der Waals surface area (Å²) in [6.07, 6.45) is -2.74. The number of imide groups is 1. The average molecular weight is 537 g/mol. The summed E-state index contributed by atoms with van der Waals surface area (Å²) in [7, 11) is 0. The Kier molecular flexibility index (Phi) is 7.43. The topological polar surface area (TPSA) is 167 Å². The average Bonchev–Trinajstić information content (AvgIpc) is 3.43. The molecule has 4 heterocycles. The zero-order chi connectivity index (χ0) is 27.6. The normalized spacial score (nSPS) is 19.9. The van der Waals surface area contributed by atoms with Gasteiger partial charge in [0.15, 0.2) is 0 Å². The Morgan fingerprint density at radius 2 is 1.87 bits per heavy atom. The molecule has 16 heteroatoms. The van der Waals surface area contributed by atoms with Gasteiger partial charge in [-0.2, -0.15) is 13.2 Å². The number of carboxylic acid groups (broad SMARTS) is 1. The summed E-state index contributed by atoms with van der Waals surface area (Å²) >= 11 is 0. The van der Waals surface area contributed by atoms with Crippen molar-refractivity contribution in [1.29, 1.82) is 0 Å². The van der Waals surface area contributed by atoms with E-state index in [0.29, 0.717) is 43.9 Å². The van der Waals surface area contributed by atoms with Gasteiger partial charge >= 0.3 is 12.1 Å². The molecule has 0 aliphatic carbocycles. The molecule has 2 fully saturated rings. The summed E-state index contributed by atoms with van der Waals surface area (Å²) in [6.45, 7) is 2.54. The molecular formula is C22H22F3N7O6. The van der Waals surface area contributed by atoms with Crippen LogP contribution < -0.4 is 10.6 Å². The van der Waals surface area contributed by atoms with Gasteiger partial charge in [-0.3, -0.25) is 29.4 Å². The van der Waals surface area contributed by atoms with Crippen LogP contribution in [-0.4, -0.2) is 91.4 Å². The van der Waals surface area contributed by atoms with E-state index >= 15 is 0 Å². The van der Waals surface area contributed by atoms with Crippen LogP contribution in [0.25, 0.3) is 5.69 Å². The van der Waals surface area contributed by atoms with E-state index < -0.39 is 24.1 Å².